The Bertz CT molecular complexity index is 4450. The maximum Gasteiger partial charge on any atom is 0.435 e. The summed E-state index contributed by atoms with van der Waals surface area (Å²) in [5.41, 5.74) is 18.5. The van der Waals surface area contributed by atoms with Gasteiger partial charge in [-0.05, 0) is 108 Å². The summed E-state index contributed by atoms with van der Waals surface area (Å²) in [4.78, 5) is 49.0. The third kappa shape index (κ3) is 12.1. The van der Waals surface area contributed by atoms with E-state index in [1.807, 2.05) is 75.1 Å². The third-order valence-electron chi connectivity index (χ3n) is 21.5. The van der Waals surface area contributed by atoms with Gasteiger partial charge < -0.3 is 43.6 Å². The van der Waals surface area contributed by atoms with Crippen LogP contribution in [0.25, 0.3) is 33.4 Å². The first-order valence-electron chi connectivity index (χ1n) is 35.0. The monoisotopic (exact) mass is 1360 g/mol. The second-order valence-electron chi connectivity index (χ2n) is 27.8. The number of alkyl halides is 3. The van der Waals surface area contributed by atoms with Gasteiger partial charge in [-0.3, -0.25) is 42.5 Å². The molecule has 0 bridgehead atoms. The Balaban J connectivity index is 0.000000117. The Morgan fingerprint density at radius 1 is 0.440 bits per heavy atom. The fourth-order valence-corrected chi connectivity index (χ4v) is 16.2. The van der Waals surface area contributed by atoms with E-state index in [1.54, 1.807) is 26.8 Å². The fraction of sp³-hybridized carbons (Fsp3) is 0.466. The molecule has 0 radical (unpaired) electrons. The van der Waals surface area contributed by atoms with Crippen molar-refractivity contribution in [3.8, 4) is 33.4 Å². The number of hydrogen-bond donors (Lipinski definition) is 0. The van der Waals surface area contributed by atoms with Gasteiger partial charge in [0.15, 0.2) is 23.1 Å². The topological polar surface area (TPSA) is 205 Å². The summed E-state index contributed by atoms with van der Waals surface area (Å²) in [5, 5.41) is 27.6. The number of anilines is 6. The first kappa shape index (κ1) is 65.0. The van der Waals surface area contributed by atoms with Crippen molar-refractivity contribution in [3.63, 3.8) is 0 Å². The van der Waals surface area contributed by atoms with Crippen LogP contribution in [-0.4, -0.2) is 170 Å². The highest BCUT2D eigenvalue weighted by atomic mass is 19.4. The molecular weight excluding hydrogens is 1280 g/mol. The molecule has 522 valence electrons. The summed E-state index contributed by atoms with van der Waals surface area (Å²) in [7, 11) is 5.38. The zero-order chi connectivity index (χ0) is 68.8. The molecule has 6 aromatic heterocycles. The molecule has 27 heteroatoms. The van der Waals surface area contributed by atoms with Crippen LogP contribution < -0.4 is 14.7 Å². The predicted octanol–water partition coefficient (Wildman–Crippen LogP) is 9.55. The zero-order valence-electron chi connectivity index (χ0n) is 57.4. The molecule has 0 spiro atoms. The lowest BCUT2D eigenvalue weighted by Crippen LogP contribution is -2.35. The van der Waals surface area contributed by atoms with E-state index in [-0.39, 0.29) is 41.4 Å². The van der Waals surface area contributed by atoms with E-state index in [2.05, 4.69) is 80.4 Å². The largest absolute Gasteiger partial charge is 0.435 e. The molecule has 0 N–H and O–H groups in total. The Morgan fingerprint density at radius 2 is 0.800 bits per heavy atom. The van der Waals surface area contributed by atoms with Gasteiger partial charge in [-0.15, -0.1) is 0 Å². The normalized spacial score (nSPS) is 19.9. The van der Waals surface area contributed by atoms with Crippen LogP contribution in [0.15, 0.2) is 85.6 Å². The minimum Gasteiger partial charge on any atom is -0.379 e. The standard InChI is InChI=1S/C25H27F3N6O2.2C24H28N6O2/c1-15(35)32-8-6-22-20(13-32)24(30-34(22)18-7-10-36-14-18)33-9-5-17-11-16(3-4-21(17)33)19-12-31(2)29-23(19)25(26,27)28;2*1-16(31)28-8-6-23-21(14-28)24(26-30(23)20-7-10-32-15-20)29-9-5-18-11-17(3-4-22(18)29)19-12-25-27(2)13-19/h3-4,11-12,18H,5-10,13-14H2,1-2H3;2*3-4,11-13,20H,5-10,14-15H2,1-2H3/t;2*20-/m.10/s1. The number of hydrogen-bond acceptors (Lipinski definition) is 15. The summed E-state index contributed by atoms with van der Waals surface area (Å²) >= 11 is 0. The number of carbonyl (C=O) groups is 3. The number of ether oxygens (including phenoxy) is 3. The van der Waals surface area contributed by atoms with E-state index in [9.17, 15) is 27.6 Å². The van der Waals surface area contributed by atoms with Crippen molar-refractivity contribution in [3.05, 3.63) is 142 Å². The van der Waals surface area contributed by atoms with Gasteiger partial charge in [0, 0.05) is 206 Å². The number of aromatic nitrogens is 12. The molecule has 24 nitrogen and oxygen atoms in total. The average molecular weight is 1370 g/mol. The van der Waals surface area contributed by atoms with Crippen LogP contribution in [-0.2, 0) is 114 Å². The first-order chi connectivity index (χ1) is 48.4. The van der Waals surface area contributed by atoms with Crippen LogP contribution in [0.4, 0.5) is 47.7 Å². The molecule has 18 rings (SSSR count). The van der Waals surface area contributed by atoms with Crippen LogP contribution in [0, 0.1) is 0 Å². The lowest BCUT2D eigenvalue weighted by Gasteiger charge is -2.28. The number of amides is 3. The number of benzene rings is 3. The molecule has 9 aliphatic heterocycles. The quantitative estimate of drug-likeness (QED) is 0.132. The van der Waals surface area contributed by atoms with Gasteiger partial charge in [0.05, 0.1) is 70.0 Å². The smallest absolute Gasteiger partial charge is 0.379 e. The van der Waals surface area contributed by atoms with E-state index >= 15 is 0 Å². The Hall–Kier alpha value is -9.60. The van der Waals surface area contributed by atoms with E-state index in [4.69, 9.17) is 29.5 Å². The van der Waals surface area contributed by atoms with Gasteiger partial charge >= 0.3 is 6.18 Å². The molecule has 9 aromatic rings. The average Bonchev–Trinajstić information content (AvgIpc) is 1.61. The Morgan fingerprint density at radius 3 is 1.12 bits per heavy atom. The molecular formula is C73H83F3N18O6. The van der Waals surface area contributed by atoms with E-state index < -0.39 is 11.9 Å². The molecule has 1 unspecified atom stereocenters. The number of carbonyl (C=O) groups excluding carboxylic acids is 3. The minimum atomic E-state index is -4.53. The molecule has 100 heavy (non-hydrogen) atoms. The van der Waals surface area contributed by atoms with Gasteiger partial charge in [-0.1, -0.05) is 18.2 Å². The van der Waals surface area contributed by atoms with Gasteiger partial charge in [0.2, 0.25) is 17.7 Å². The van der Waals surface area contributed by atoms with E-state index in [1.165, 1.54) is 74.1 Å². The van der Waals surface area contributed by atoms with Gasteiger partial charge in [0.25, 0.3) is 0 Å². The summed E-state index contributed by atoms with van der Waals surface area (Å²) in [5.74, 6) is 3.12. The number of rotatable bonds is 9. The number of halogens is 3. The molecule has 3 amide bonds. The van der Waals surface area contributed by atoms with Crippen LogP contribution in [0.5, 0.6) is 0 Å². The molecule has 15 heterocycles. The van der Waals surface area contributed by atoms with Crippen LogP contribution >= 0.6 is 0 Å². The molecule has 0 saturated carbocycles. The molecule has 0 aliphatic carbocycles. The number of nitrogens with zero attached hydrogens (tertiary/aromatic N) is 18. The van der Waals surface area contributed by atoms with E-state index in [0.29, 0.717) is 57.9 Å². The highest BCUT2D eigenvalue weighted by Crippen LogP contribution is 2.46. The van der Waals surface area contributed by atoms with Crippen molar-refractivity contribution in [1.82, 2.24) is 73.4 Å². The SMILES string of the molecule is CC(=O)N1CCc2c(c(N3CCc4cc(-c5cn(C)nc5C(F)(F)F)ccc43)nn2C2CCOC2)C1.CC(=O)N1CCc2c(c(N3CCc4cc(-c5cnn(C)c5)ccc43)nn2[C@@H]2CCOC2)C1.CC(=O)N1CCc2c(c(N3CCc4cc(-c5cnn(C)c5)ccc43)nn2[C@H]2CCOC2)C1. The number of fused-ring (bicyclic) bond motifs is 6. The van der Waals surface area contributed by atoms with Crippen molar-refractivity contribution in [2.24, 2.45) is 21.1 Å². The molecule has 3 atom stereocenters. The Kier molecular flexibility index (Phi) is 17.0. The summed E-state index contributed by atoms with van der Waals surface area (Å²) < 4.78 is 69.0. The maximum atomic E-state index is 13.6. The maximum absolute atomic E-state index is 13.6. The van der Waals surface area contributed by atoms with Crippen LogP contribution in [0.3, 0.4) is 0 Å². The molecule has 3 saturated heterocycles. The van der Waals surface area contributed by atoms with Gasteiger partial charge in [-0.25, -0.2) is 0 Å². The lowest BCUT2D eigenvalue weighted by atomic mass is 10.0. The van der Waals surface area contributed by atoms with Crippen molar-refractivity contribution in [1.29, 1.82) is 0 Å². The van der Waals surface area contributed by atoms with Crippen molar-refractivity contribution < 1.29 is 41.8 Å². The van der Waals surface area contributed by atoms with E-state index in [0.717, 1.165) is 155 Å². The zero-order valence-corrected chi connectivity index (χ0v) is 57.4. The first-order valence-corrected chi connectivity index (χ1v) is 35.0. The van der Waals surface area contributed by atoms with Gasteiger partial charge in [-0.2, -0.15) is 43.8 Å². The Labute approximate surface area is 577 Å². The summed E-state index contributed by atoms with van der Waals surface area (Å²) in [6, 6.07) is 19.5. The van der Waals surface area contributed by atoms with Gasteiger partial charge in [0.1, 0.15) is 0 Å². The molecule has 3 fully saturated rings. The van der Waals surface area contributed by atoms with Crippen LogP contribution in [0.2, 0.25) is 0 Å². The fourth-order valence-electron chi connectivity index (χ4n) is 16.2. The van der Waals surface area contributed by atoms with Crippen molar-refractivity contribution >= 4 is 52.2 Å². The summed E-state index contributed by atoms with van der Waals surface area (Å²) in [6.45, 7) is 15.6. The number of aryl methyl sites for hydroxylation is 3. The predicted molar refractivity (Wildman–Crippen MR) is 368 cm³/mol. The van der Waals surface area contributed by atoms with Crippen molar-refractivity contribution in [2.45, 2.75) is 122 Å². The third-order valence-corrected chi connectivity index (χ3v) is 21.5. The second kappa shape index (κ2) is 26.2. The second-order valence-corrected chi connectivity index (χ2v) is 27.8. The highest BCUT2D eigenvalue weighted by Gasteiger charge is 2.41. The summed E-state index contributed by atoms with van der Waals surface area (Å²) in [6.07, 6.45) is 12.8. The lowest BCUT2D eigenvalue weighted by molar-refractivity contribution is -0.141. The minimum absolute atomic E-state index is 0.0342. The highest BCUT2D eigenvalue weighted by molar-refractivity contribution is 5.81. The van der Waals surface area contributed by atoms with Crippen LogP contribution in [0.1, 0.15) is 114 Å². The van der Waals surface area contributed by atoms with Crippen molar-refractivity contribution in [2.75, 3.05) is 93.6 Å². The molecule has 9 aliphatic rings. The molecule has 3 aromatic carbocycles.